The topological polar surface area (TPSA) is 75.6 Å². The number of hydrogen-bond acceptors (Lipinski definition) is 3. The van der Waals surface area contributed by atoms with Crippen LogP contribution in [0, 0.1) is 5.92 Å². The van der Waals surface area contributed by atoms with Gasteiger partial charge in [-0.1, -0.05) is 44.2 Å². The lowest BCUT2D eigenvalue weighted by Crippen LogP contribution is -2.51. The number of carbonyl (C=O) groups is 2. The van der Waals surface area contributed by atoms with Gasteiger partial charge in [0.25, 0.3) is 0 Å². The summed E-state index contributed by atoms with van der Waals surface area (Å²) >= 11 is 0. The third kappa shape index (κ3) is 6.26. The third-order valence-electron chi connectivity index (χ3n) is 3.80. The van der Waals surface area contributed by atoms with Crippen molar-refractivity contribution in [3.05, 3.63) is 35.9 Å². The second kappa shape index (κ2) is 8.54. The molecule has 1 unspecified atom stereocenters. The number of carboxylic acid groups (broad SMARTS) is 1. The molecule has 0 saturated heterocycles. The Morgan fingerprint density at radius 1 is 1.27 bits per heavy atom. The number of nitrogens with one attached hydrogen (secondary N) is 1. The van der Waals surface area contributed by atoms with E-state index < -0.39 is 11.5 Å². The number of amides is 1. The van der Waals surface area contributed by atoms with E-state index >= 15 is 0 Å². The van der Waals surface area contributed by atoms with Crippen molar-refractivity contribution in [3.8, 4) is 0 Å². The summed E-state index contributed by atoms with van der Waals surface area (Å²) in [5.41, 5.74) is 0.309. The van der Waals surface area contributed by atoms with Crippen LogP contribution in [-0.4, -0.2) is 29.1 Å². The fourth-order valence-corrected chi connectivity index (χ4v) is 2.02. The van der Waals surface area contributed by atoms with Crippen LogP contribution in [0.5, 0.6) is 0 Å². The van der Waals surface area contributed by atoms with E-state index in [2.05, 4.69) is 5.32 Å². The summed E-state index contributed by atoms with van der Waals surface area (Å²) in [5.74, 6) is -1.08. The van der Waals surface area contributed by atoms with E-state index in [0.717, 1.165) is 5.56 Å². The number of benzene rings is 1. The smallest absolute Gasteiger partial charge is 0.305 e. The summed E-state index contributed by atoms with van der Waals surface area (Å²) in [6.45, 7) is 6.32. The van der Waals surface area contributed by atoms with Gasteiger partial charge >= 0.3 is 5.97 Å². The highest BCUT2D eigenvalue weighted by molar-refractivity contribution is 5.78. The molecule has 0 aromatic heterocycles. The van der Waals surface area contributed by atoms with E-state index in [0.29, 0.717) is 13.2 Å². The van der Waals surface area contributed by atoms with Gasteiger partial charge in [-0.3, -0.25) is 9.59 Å². The zero-order valence-electron chi connectivity index (χ0n) is 13.5. The molecule has 0 bridgehead atoms. The number of aliphatic carboxylic acids is 1. The minimum Gasteiger partial charge on any atom is -0.481 e. The molecular weight excluding hydrogens is 282 g/mol. The van der Waals surface area contributed by atoms with Gasteiger partial charge in [0.05, 0.1) is 19.6 Å². The average Bonchev–Trinajstić information content (AvgIpc) is 2.43. The Labute approximate surface area is 131 Å². The lowest BCUT2D eigenvalue weighted by molar-refractivity contribution is -0.139. The van der Waals surface area contributed by atoms with E-state index in [4.69, 9.17) is 9.84 Å². The van der Waals surface area contributed by atoms with Crippen LogP contribution in [0.3, 0.4) is 0 Å². The minimum atomic E-state index is -0.920. The molecule has 0 aliphatic carbocycles. The molecule has 0 spiro atoms. The SMILES string of the molecule is CC(C)C(C)(CC(=O)O)NC(=O)CCOCc1ccccc1. The van der Waals surface area contributed by atoms with Gasteiger partial charge in [0.15, 0.2) is 0 Å². The van der Waals surface area contributed by atoms with Crippen LogP contribution in [0.25, 0.3) is 0 Å². The van der Waals surface area contributed by atoms with E-state index in [9.17, 15) is 9.59 Å². The lowest BCUT2D eigenvalue weighted by Gasteiger charge is -2.33. The fraction of sp³-hybridized carbons (Fsp3) is 0.529. The van der Waals surface area contributed by atoms with Crippen LogP contribution in [-0.2, 0) is 20.9 Å². The van der Waals surface area contributed by atoms with Crippen molar-refractivity contribution < 1.29 is 19.4 Å². The van der Waals surface area contributed by atoms with Gasteiger partial charge in [0.1, 0.15) is 0 Å². The van der Waals surface area contributed by atoms with Crippen LogP contribution in [0.4, 0.5) is 0 Å². The van der Waals surface area contributed by atoms with Gasteiger partial charge < -0.3 is 15.2 Å². The largest absolute Gasteiger partial charge is 0.481 e. The zero-order chi connectivity index (χ0) is 16.6. The molecule has 1 amide bonds. The maximum absolute atomic E-state index is 12.0. The Balaban J connectivity index is 2.36. The molecule has 5 nitrogen and oxygen atoms in total. The van der Waals surface area contributed by atoms with Crippen molar-refractivity contribution in [3.63, 3.8) is 0 Å². The lowest BCUT2D eigenvalue weighted by atomic mass is 9.85. The van der Waals surface area contributed by atoms with Gasteiger partial charge in [-0.05, 0) is 18.4 Å². The standard InChI is InChI=1S/C17H25NO4/c1-13(2)17(3,11-16(20)21)18-15(19)9-10-22-12-14-7-5-4-6-8-14/h4-8,13H,9-12H2,1-3H3,(H,18,19)(H,20,21). The monoisotopic (exact) mass is 307 g/mol. The molecule has 2 N–H and O–H groups in total. The molecule has 0 aliphatic rings. The van der Waals surface area contributed by atoms with Crippen molar-refractivity contribution in [2.24, 2.45) is 5.92 Å². The molecular formula is C17H25NO4. The van der Waals surface area contributed by atoms with Crippen LogP contribution in [0.1, 0.15) is 39.2 Å². The fourth-order valence-electron chi connectivity index (χ4n) is 2.02. The van der Waals surface area contributed by atoms with Crippen LogP contribution in [0.15, 0.2) is 30.3 Å². The van der Waals surface area contributed by atoms with Crippen molar-refractivity contribution in [1.29, 1.82) is 0 Å². The Bertz CT molecular complexity index is 487. The molecule has 1 aromatic carbocycles. The van der Waals surface area contributed by atoms with E-state index in [1.54, 1.807) is 6.92 Å². The predicted octanol–water partition coefficient (Wildman–Crippen LogP) is 2.60. The summed E-state index contributed by atoms with van der Waals surface area (Å²) in [7, 11) is 0. The number of ether oxygens (including phenoxy) is 1. The van der Waals surface area contributed by atoms with Gasteiger partial charge in [-0.15, -0.1) is 0 Å². The molecule has 1 aromatic rings. The number of rotatable bonds is 9. The maximum atomic E-state index is 12.0. The quantitative estimate of drug-likeness (QED) is 0.688. The Kier molecular flexibility index (Phi) is 7.05. The molecule has 0 saturated carbocycles. The molecule has 5 heteroatoms. The van der Waals surface area contributed by atoms with Gasteiger partial charge in [-0.25, -0.2) is 0 Å². The molecule has 0 fully saturated rings. The van der Waals surface area contributed by atoms with E-state index in [1.807, 2.05) is 44.2 Å². The van der Waals surface area contributed by atoms with Crippen molar-refractivity contribution in [2.45, 2.75) is 45.8 Å². The molecule has 0 aliphatic heterocycles. The van der Waals surface area contributed by atoms with Gasteiger partial charge in [-0.2, -0.15) is 0 Å². The second-order valence-corrected chi connectivity index (χ2v) is 5.98. The third-order valence-corrected chi connectivity index (χ3v) is 3.80. The van der Waals surface area contributed by atoms with Crippen LogP contribution >= 0.6 is 0 Å². The Hall–Kier alpha value is -1.88. The van der Waals surface area contributed by atoms with Crippen molar-refractivity contribution in [1.82, 2.24) is 5.32 Å². The van der Waals surface area contributed by atoms with Crippen molar-refractivity contribution >= 4 is 11.9 Å². The Morgan fingerprint density at radius 3 is 2.45 bits per heavy atom. The number of hydrogen-bond donors (Lipinski definition) is 2. The summed E-state index contributed by atoms with van der Waals surface area (Å²) < 4.78 is 5.47. The van der Waals surface area contributed by atoms with Gasteiger partial charge in [0.2, 0.25) is 5.91 Å². The van der Waals surface area contributed by atoms with Crippen LogP contribution < -0.4 is 5.32 Å². The number of carboxylic acids is 1. The first kappa shape index (κ1) is 18.2. The highest BCUT2D eigenvalue weighted by Gasteiger charge is 2.32. The first-order valence-corrected chi connectivity index (χ1v) is 7.48. The highest BCUT2D eigenvalue weighted by Crippen LogP contribution is 2.20. The molecule has 1 rings (SSSR count). The zero-order valence-corrected chi connectivity index (χ0v) is 13.5. The van der Waals surface area contributed by atoms with Crippen molar-refractivity contribution in [2.75, 3.05) is 6.61 Å². The highest BCUT2D eigenvalue weighted by atomic mass is 16.5. The number of carbonyl (C=O) groups excluding carboxylic acids is 1. The van der Waals surface area contributed by atoms with Crippen LogP contribution in [0.2, 0.25) is 0 Å². The Morgan fingerprint density at radius 2 is 1.91 bits per heavy atom. The molecule has 122 valence electrons. The molecule has 1 atom stereocenters. The summed E-state index contributed by atoms with van der Waals surface area (Å²) in [6, 6.07) is 9.73. The maximum Gasteiger partial charge on any atom is 0.305 e. The summed E-state index contributed by atoms with van der Waals surface area (Å²) in [4.78, 5) is 22.9. The average molecular weight is 307 g/mol. The van der Waals surface area contributed by atoms with Gasteiger partial charge in [0, 0.05) is 12.0 Å². The van der Waals surface area contributed by atoms with E-state index in [1.165, 1.54) is 0 Å². The predicted molar refractivity (Wildman–Crippen MR) is 84.4 cm³/mol. The molecule has 0 radical (unpaired) electrons. The summed E-state index contributed by atoms with van der Waals surface area (Å²) in [6.07, 6.45) is 0.121. The molecule has 22 heavy (non-hydrogen) atoms. The molecule has 0 heterocycles. The second-order valence-electron chi connectivity index (χ2n) is 5.98. The first-order valence-electron chi connectivity index (χ1n) is 7.48. The normalized spacial score (nSPS) is 13.6. The summed E-state index contributed by atoms with van der Waals surface area (Å²) in [5, 5.41) is 11.8. The minimum absolute atomic E-state index is 0.0257. The van der Waals surface area contributed by atoms with E-state index in [-0.39, 0.29) is 24.7 Å². The first-order chi connectivity index (χ1) is 10.3.